The molecule has 1 aliphatic heterocycles. The zero-order chi connectivity index (χ0) is 20.1. The van der Waals surface area contributed by atoms with Gasteiger partial charge in [0, 0.05) is 12.2 Å². The van der Waals surface area contributed by atoms with Crippen molar-refractivity contribution in [3.63, 3.8) is 0 Å². The maximum Gasteiger partial charge on any atom is 0.322 e. The van der Waals surface area contributed by atoms with Crippen molar-refractivity contribution in [3.05, 3.63) is 60.7 Å². The monoisotopic (exact) mass is 393 g/mol. The number of hydrogen-bond donors (Lipinski definition) is 2. The quantitative estimate of drug-likeness (QED) is 0.672. The van der Waals surface area contributed by atoms with E-state index in [1.165, 1.54) is 6.33 Å². The Kier molecular flexibility index (Phi) is 5.60. The number of likely N-dealkylation sites (tertiary alicyclic amines) is 1. The maximum atomic E-state index is 12.8. The summed E-state index contributed by atoms with van der Waals surface area (Å²) in [6.07, 6.45) is 4.38. The number of rotatable bonds is 5. The Hall–Kier alpha value is -3.55. The summed E-state index contributed by atoms with van der Waals surface area (Å²) in [5.41, 5.74) is 0.698. The van der Waals surface area contributed by atoms with E-state index in [9.17, 15) is 4.79 Å². The van der Waals surface area contributed by atoms with Gasteiger partial charge in [0.1, 0.15) is 17.9 Å². The van der Waals surface area contributed by atoms with Crippen LogP contribution in [0.5, 0.6) is 17.2 Å². The lowest BCUT2D eigenvalue weighted by Crippen LogP contribution is -2.41. The summed E-state index contributed by atoms with van der Waals surface area (Å²) in [6, 6.07) is 14.5. The van der Waals surface area contributed by atoms with Gasteiger partial charge in [0.2, 0.25) is 0 Å². The summed E-state index contributed by atoms with van der Waals surface area (Å²) < 4.78 is 11.2. The van der Waals surface area contributed by atoms with Gasteiger partial charge in [0.05, 0.1) is 13.2 Å². The van der Waals surface area contributed by atoms with E-state index in [1.54, 1.807) is 7.11 Å². The van der Waals surface area contributed by atoms with Crippen molar-refractivity contribution in [1.82, 2.24) is 20.1 Å². The third-order valence-electron chi connectivity index (χ3n) is 4.92. The highest BCUT2D eigenvalue weighted by atomic mass is 16.5. The van der Waals surface area contributed by atoms with Crippen LogP contribution >= 0.6 is 0 Å². The molecule has 1 aliphatic rings. The molecule has 1 saturated heterocycles. The van der Waals surface area contributed by atoms with Gasteiger partial charge in [-0.15, -0.1) is 0 Å². The molecule has 0 spiro atoms. The number of carbonyl (C=O) groups excluding carboxylic acids is 1. The number of benzene rings is 2. The minimum absolute atomic E-state index is 0.0839. The number of urea groups is 1. The van der Waals surface area contributed by atoms with Crippen molar-refractivity contribution < 1.29 is 14.3 Å². The van der Waals surface area contributed by atoms with Gasteiger partial charge in [0.25, 0.3) is 0 Å². The first-order chi connectivity index (χ1) is 14.2. The topological polar surface area (TPSA) is 92.4 Å². The van der Waals surface area contributed by atoms with Crippen molar-refractivity contribution in [1.29, 1.82) is 0 Å². The number of ether oxygens (including phenoxy) is 2. The number of H-pyrrole nitrogens is 1. The molecule has 0 saturated carbocycles. The number of aromatic nitrogens is 3. The number of nitrogens with one attached hydrogen (secondary N) is 2. The average molecular weight is 393 g/mol. The van der Waals surface area contributed by atoms with Crippen molar-refractivity contribution in [2.24, 2.45) is 0 Å². The second kappa shape index (κ2) is 8.64. The number of carbonyl (C=O) groups is 1. The van der Waals surface area contributed by atoms with Gasteiger partial charge in [-0.3, -0.25) is 5.10 Å². The molecule has 2 aromatic carbocycles. The first-order valence-corrected chi connectivity index (χ1v) is 9.58. The van der Waals surface area contributed by atoms with E-state index in [2.05, 4.69) is 20.5 Å². The third kappa shape index (κ3) is 4.31. The van der Waals surface area contributed by atoms with Crippen LogP contribution < -0.4 is 14.8 Å². The summed E-state index contributed by atoms with van der Waals surface area (Å²) >= 11 is 0. The molecular weight excluding hydrogens is 370 g/mol. The Morgan fingerprint density at radius 2 is 1.93 bits per heavy atom. The molecule has 3 aromatic rings. The SMILES string of the molecule is COc1ccccc1Oc1ccc(NC(=O)N2CCCCC2c2ncn[nH]2)cc1. The zero-order valence-electron chi connectivity index (χ0n) is 16.2. The lowest BCUT2D eigenvalue weighted by Gasteiger charge is -2.34. The van der Waals surface area contributed by atoms with E-state index < -0.39 is 0 Å². The molecule has 2 heterocycles. The number of methoxy groups -OCH3 is 1. The van der Waals surface area contributed by atoms with Crippen molar-refractivity contribution in [2.75, 3.05) is 19.0 Å². The van der Waals surface area contributed by atoms with Crippen LogP contribution in [0.25, 0.3) is 0 Å². The van der Waals surface area contributed by atoms with Crippen LogP contribution in [-0.4, -0.2) is 39.8 Å². The molecule has 1 fully saturated rings. The number of para-hydroxylation sites is 2. The van der Waals surface area contributed by atoms with E-state index in [0.29, 0.717) is 29.5 Å². The standard InChI is InChI=1S/C21H23N5O3/c1-28-18-7-2-3-8-19(18)29-16-11-9-15(10-12-16)24-21(27)26-13-5-4-6-17(26)20-22-14-23-25-20/h2-3,7-12,14,17H,4-6,13H2,1H3,(H,24,27)(H,22,23,25). The highest BCUT2D eigenvalue weighted by molar-refractivity contribution is 5.89. The number of amides is 2. The summed E-state index contributed by atoms with van der Waals surface area (Å²) in [6.45, 7) is 0.687. The number of hydrogen-bond acceptors (Lipinski definition) is 5. The van der Waals surface area contributed by atoms with E-state index in [4.69, 9.17) is 9.47 Å². The molecule has 1 atom stereocenters. The van der Waals surface area contributed by atoms with Gasteiger partial charge >= 0.3 is 6.03 Å². The van der Waals surface area contributed by atoms with Gasteiger partial charge < -0.3 is 19.7 Å². The van der Waals surface area contributed by atoms with Crippen molar-refractivity contribution in [3.8, 4) is 17.2 Å². The molecule has 1 unspecified atom stereocenters. The van der Waals surface area contributed by atoms with Crippen LogP contribution in [0.2, 0.25) is 0 Å². The Morgan fingerprint density at radius 3 is 2.66 bits per heavy atom. The fourth-order valence-electron chi connectivity index (χ4n) is 3.47. The molecule has 4 rings (SSSR count). The molecule has 150 valence electrons. The highest BCUT2D eigenvalue weighted by Crippen LogP contribution is 2.32. The Labute approximate surface area is 168 Å². The van der Waals surface area contributed by atoms with Crippen molar-refractivity contribution in [2.45, 2.75) is 25.3 Å². The minimum Gasteiger partial charge on any atom is -0.493 e. The average Bonchev–Trinajstić information content (AvgIpc) is 3.30. The van der Waals surface area contributed by atoms with Crippen LogP contribution in [0.15, 0.2) is 54.9 Å². The second-order valence-corrected chi connectivity index (χ2v) is 6.78. The molecule has 0 bridgehead atoms. The lowest BCUT2D eigenvalue weighted by atomic mass is 10.0. The van der Waals surface area contributed by atoms with Crippen LogP contribution in [0, 0.1) is 0 Å². The van der Waals surface area contributed by atoms with Crippen molar-refractivity contribution >= 4 is 11.7 Å². The normalized spacial score (nSPS) is 16.3. The van der Waals surface area contributed by atoms with E-state index in [0.717, 1.165) is 25.1 Å². The van der Waals surface area contributed by atoms with Crippen LogP contribution in [-0.2, 0) is 0 Å². The van der Waals surface area contributed by atoms with Gasteiger partial charge in [0.15, 0.2) is 11.5 Å². The van der Waals surface area contributed by atoms with E-state index >= 15 is 0 Å². The summed E-state index contributed by atoms with van der Waals surface area (Å²) in [5, 5.41) is 9.76. The molecular formula is C21H23N5O3. The first-order valence-electron chi connectivity index (χ1n) is 9.58. The lowest BCUT2D eigenvalue weighted by molar-refractivity contribution is 0.159. The van der Waals surface area contributed by atoms with E-state index in [1.807, 2.05) is 53.4 Å². The highest BCUT2D eigenvalue weighted by Gasteiger charge is 2.29. The number of nitrogens with zero attached hydrogens (tertiary/aromatic N) is 3. The number of piperidine rings is 1. The fraction of sp³-hybridized carbons (Fsp3) is 0.286. The Balaban J connectivity index is 1.42. The predicted octanol–water partition coefficient (Wildman–Crippen LogP) is 4.36. The van der Waals surface area contributed by atoms with Crippen LogP contribution in [0.1, 0.15) is 31.1 Å². The van der Waals surface area contributed by atoms with Gasteiger partial charge in [-0.1, -0.05) is 12.1 Å². The first kappa shape index (κ1) is 18.8. The molecule has 8 nitrogen and oxygen atoms in total. The smallest absolute Gasteiger partial charge is 0.322 e. The molecule has 2 amide bonds. The molecule has 2 N–H and O–H groups in total. The molecule has 0 radical (unpaired) electrons. The molecule has 29 heavy (non-hydrogen) atoms. The van der Waals surface area contributed by atoms with Crippen LogP contribution in [0.3, 0.4) is 0 Å². The maximum absolute atomic E-state index is 12.8. The largest absolute Gasteiger partial charge is 0.493 e. The summed E-state index contributed by atoms with van der Waals surface area (Å²) in [5.74, 6) is 2.67. The number of anilines is 1. The fourth-order valence-corrected chi connectivity index (χ4v) is 3.47. The molecule has 0 aliphatic carbocycles. The van der Waals surface area contributed by atoms with Gasteiger partial charge in [-0.25, -0.2) is 9.78 Å². The molecule has 8 heteroatoms. The summed E-state index contributed by atoms with van der Waals surface area (Å²) in [7, 11) is 1.60. The minimum atomic E-state index is -0.149. The van der Waals surface area contributed by atoms with E-state index in [-0.39, 0.29) is 12.1 Å². The zero-order valence-corrected chi connectivity index (χ0v) is 16.2. The predicted molar refractivity (Wildman–Crippen MR) is 108 cm³/mol. The molecule has 1 aromatic heterocycles. The number of aromatic amines is 1. The Bertz CT molecular complexity index is 943. The van der Waals surface area contributed by atoms with Gasteiger partial charge in [-0.2, -0.15) is 5.10 Å². The van der Waals surface area contributed by atoms with Crippen LogP contribution in [0.4, 0.5) is 10.5 Å². The second-order valence-electron chi connectivity index (χ2n) is 6.78. The van der Waals surface area contributed by atoms with Gasteiger partial charge in [-0.05, 0) is 55.7 Å². The summed E-state index contributed by atoms with van der Waals surface area (Å²) in [4.78, 5) is 18.9. The third-order valence-corrected chi connectivity index (χ3v) is 4.92. The Morgan fingerprint density at radius 1 is 1.14 bits per heavy atom.